The molecule has 0 atom stereocenters. The van der Waals surface area contributed by atoms with Crippen LogP contribution in [0.2, 0.25) is 0 Å². The summed E-state index contributed by atoms with van der Waals surface area (Å²) in [6.07, 6.45) is 1.71. The SMILES string of the molecule is CN/C(=C\C(=O)C(C)(C)C)C(C)C. The van der Waals surface area contributed by atoms with Crippen molar-refractivity contribution >= 4 is 5.78 Å². The number of allylic oxidation sites excluding steroid dienone is 2. The molecule has 0 rings (SSSR count). The molecular formula is C11H21NO. The van der Waals surface area contributed by atoms with Gasteiger partial charge in [-0.25, -0.2) is 0 Å². The van der Waals surface area contributed by atoms with Gasteiger partial charge in [0, 0.05) is 24.2 Å². The lowest BCUT2D eigenvalue weighted by Gasteiger charge is -2.16. The van der Waals surface area contributed by atoms with Gasteiger partial charge in [-0.05, 0) is 5.92 Å². The summed E-state index contributed by atoms with van der Waals surface area (Å²) in [5.74, 6) is 0.543. The summed E-state index contributed by atoms with van der Waals surface area (Å²) in [5, 5.41) is 3.04. The molecule has 0 aromatic heterocycles. The van der Waals surface area contributed by atoms with Gasteiger partial charge in [0.2, 0.25) is 0 Å². The highest BCUT2D eigenvalue weighted by Gasteiger charge is 2.19. The summed E-state index contributed by atoms with van der Waals surface area (Å²) in [5.41, 5.74) is 0.719. The third-order valence-corrected chi connectivity index (χ3v) is 1.94. The van der Waals surface area contributed by atoms with E-state index in [1.165, 1.54) is 0 Å². The largest absolute Gasteiger partial charge is 0.391 e. The van der Waals surface area contributed by atoms with E-state index in [0.29, 0.717) is 5.92 Å². The highest BCUT2D eigenvalue weighted by molar-refractivity contribution is 5.94. The van der Waals surface area contributed by atoms with E-state index in [-0.39, 0.29) is 11.2 Å². The summed E-state index contributed by atoms with van der Waals surface area (Å²) in [6.45, 7) is 9.93. The normalized spacial score (nSPS) is 13.3. The Labute approximate surface area is 81.4 Å². The molecule has 76 valence electrons. The van der Waals surface area contributed by atoms with Crippen molar-refractivity contribution in [3.63, 3.8) is 0 Å². The number of nitrogens with one attached hydrogen (secondary N) is 1. The topological polar surface area (TPSA) is 29.1 Å². The van der Waals surface area contributed by atoms with Crippen molar-refractivity contribution < 1.29 is 4.79 Å². The van der Waals surface area contributed by atoms with Gasteiger partial charge in [0.05, 0.1) is 0 Å². The Morgan fingerprint density at radius 1 is 1.31 bits per heavy atom. The van der Waals surface area contributed by atoms with Gasteiger partial charge in [-0.3, -0.25) is 4.79 Å². The van der Waals surface area contributed by atoms with Crippen molar-refractivity contribution in [1.82, 2.24) is 5.32 Å². The third-order valence-electron chi connectivity index (χ3n) is 1.94. The summed E-state index contributed by atoms with van der Waals surface area (Å²) in [7, 11) is 1.85. The molecule has 0 radical (unpaired) electrons. The fourth-order valence-electron chi connectivity index (χ4n) is 0.885. The Morgan fingerprint density at radius 3 is 2.00 bits per heavy atom. The predicted molar refractivity (Wildman–Crippen MR) is 56.4 cm³/mol. The van der Waals surface area contributed by atoms with Crippen LogP contribution in [0.5, 0.6) is 0 Å². The number of hydrogen-bond donors (Lipinski definition) is 1. The number of rotatable bonds is 3. The van der Waals surface area contributed by atoms with Crippen LogP contribution in [-0.2, 0) is 4.79 Å². The first-order valence-corrected chi connectivity index (χ1v) is 4.72. The molecule has 2 heteroatoms. The second-order valence-corrected chi connectivity index (χ2v) is 4.62. The van der Waals surface area contributed by atoms with E-state index in [0.717, 1.165) is 5.70 Å². The molecule has 0 aliphatic heterocycles. The van der Waals surface area contributed by atoms with Crippen LogP contribution in [0.25, 0.3) is 0 Å². The quantitative estimate of drug-likeness (QED) is 0.680. The summed E-state index contributed by atoms with van der Waals surface area (Å²) in [6, 6.07) is 0. The van der Waals surface area contributed by atoms with Gasteiger partial charge < -0.3 is 5.32 Å². The Balaban J connectivity index is 4.62. The Morgan fingerprint density at radius 2 is 1.77 bits per heavy atom. The van der Waals surface area contributed by atoms with Crippen LogP contribution in [0, 0.1) is 11.3 Å². The maximum atomic E-state index is 11.6. The maximum Gasteiger partial charge on any atom is 0.162 e. The minimum Gasteiger partial charge on any atom is -0.391 e. The van der Waals surface area contributed by atoms with Crippen LogP contribution in [0.3, 0.4) is 0 Å². The number of carbonyl (C=O) groups excluding carboxylic acids is 1. The van der Waals surface area contributed by atoms with E-state index in [4.69, 9.17) is 0 Å². The number of ketones is 1. The first kappa shape index (κ1) is 12.2. The molecule has 2 nitrogen and oxygen atoms in total. The van der Waals surface area contributed by atoms with Gasteiger partial charge in [-0.15, -0.1) is 0 Å². The summed E-state index contributed by atoms with van der Waals surface area (Å²) < 4.78 is 0. The molecule has 0 aliphatic carbocycles. The predicted octanol–water partition coefficient (Wildman–Crippen LogP) is 2.36. The zero-order valence-electron chi connectivity index (χ0n) is 9.56. The van der Waals surface area contributed by atoms with Crippen molar-refractivity contribution in [3.8, 4) is 0 Å². The van der Waals surface area contributed by atoms with Crippen molar-refractivity contribution in [2.75, 3.05) is 7.05 Å². The minimum absolute atomic E-state index is 0.172. The first-order valence-electron chi connectivity index (χ1n) is 4.72. The van der Waals surface area contributed by atoms with Crippen LogP contribution < -0.4 is 5.32 Å². The molecule has 1 N–H and O–H groups in total. The fourth-order valence-corrected chi connectivity index (χ4v) is 0.885. The Kier molecular flexibility index (Phi) is 4.18. The van der Waals surface area contributed by atoms with E-state index in [1.54, 1.807) is 6.08 Å². The van der Waals surface area contributed by atoms with E-state index < -0.39 is 0 Å². The highest BCUT2D eigenvalue weighted by Crippen LogP contribution is 2.17. The van der Waals surface area contributed by atoms with Crippen molar-refractivity contribution in [2.24, 2.45) is 11.3 Å². The van der Waals surface area contributed by atoms with E-state index >= 15 is 0 Å². The van der Waals surface area contributed by atoms with Crippen molar-refractivity contribution in [1.29, 1.82) is 0 Å². The standard InChI is InChI=1S/C11H21NO/c1-8(2)9(12-6)7-10(13)11(3,4)5/h7-8,12H,1-6H3/b9-7-. The van der Waals surface area contributed by atoms with Crippen molar-refractivity contribution in [3.05, 3.63) is 11.8 Å². The van der Waals surface area contributed by atoms with Gasteiger partial charge in [0.15, 0.2) is 5.78 Å². The lowest BCUT2D eigenvalue weighted by atomic mass is 9.89. The Bertz CT molecular complexity index is 209. The molecule has 0 aromatic carbocycles. The molecule has 0 heterocycles. The van der Waals surface area contributed by atoms with Crippen LogP contribution in [0.1, 0.15) is 34.6 Å². The van der Waals surface area contributed by atoms with Crippen LogP contribution in [0.4, 0.5) is 0 Å². The number of carbonyl (C=O) groups is 1. The van der Waals surface area contributed by atoms with Gasteiger partial charge in [-0.1, -0.05) is 34.6 Å². The third kappa shape index (κ3) is 4.11. The van der Waals surface area contributed by atoms with E-state index in [1.807, 2.05) is 27.8 Å². The average Bonchev–Trinajstić information content (AvgIpc) is 1.96. The fraction of sp³-hybridized carbons (Fsp3) is 0.727. The molecular weight excluding hydrogens is 162 g/mol. The molecule has 0 bridgehead atoms. The number of hydrogen-bond acceptors (Lipinski definition) is 2. The Hall–Kier alpha value is -0.790. The first-order chi connectivity index (χ1) is 5.79. The van der Waals surface area contributed by atoms with E-state index in [2.05, 4.69) is 19.2 Å². The molecule has 0 saturated carbocycles. The zero-order valence-corrected chi connectivity index (χ0v) is 9.56. The molecule has 0 aromatic rings. The summed E-state index contributed by atoms with van der Waals surface area (Å²) in [4.78, 5) is 11.6. The minimum atomic E-state index is -0.281. The van der Waals surface area contributed by atoms with Gasteiger partial charge >= 0.3 is 0 Å². The lowest BCUT2D eigenvalue weighted by molar-refractivity contribution is -0.121. The monoisotopic (exact) mass is 183 g/mol. The van der Waals surface area contributed by atoms with Crippen molar-refractivity contribution in [2.45, 2.75) is 34.6 Å². The summed E-state index contributed by atoms with van der Waals surface area (Å²) >= 11 is 0. The van der Waals surface area contributed by atoms with Gasteiger partial charge in [0.1, 0.15) is 0 Å². The van der Waals surface area contributed by atoms with Crippen LogP contribution in [-0.4, -0.2) is 12.8 Å². The average molecular weight is 183 g/mol. The zero-order chi connectivity index (χ0) is 10.6. The van der Waals surface area contributed by atoms with Crippen LogP contribution in [0.15, 0.2) is 11.8 Å². The second-order valence-electron chi connectivity index (χ2n) is 4.62. The highest BCUT2D eigenvalue weighted by atomic mass is 16.1. The molecule has 0 unspecified atom stereocenters. The van der Waals surface area contributed by atoms with Gasteiger partial charge in [-0.2, -0.15) is 0 Å². The molecule has 0 fully saturated rings. The molecule has 0 saturated heterocycles. The molecule has 0 spiro atoms. The maximum absolute atomic E-state index is 11.6. The smallest absolute Gasteiger partial charge is 0.162 e. The molecule has 0 aliphatic rings. The van der Waals surface area contributed by atoms with E-state index in [9.17, 15) is 4.79 Å². The van der Waals surface area contributed by atoms with Crippen LogP contribution >= 0.6 is 0 Å². The molecule has 13 heavy (non-hydrogen) atoms. The van der Waals surface area contributed by atoms with Gasteiger partial charge in [0.25, 0.3) is 0 Å². The molecule has 0 amide bonds. The lowest BCUT2D eigenvalue weighted by Crippen LogP contribution is -2.21. The second kappa shape index (κ2) is 4.45.